The third kappa shape index (κ3) is 3.56. The molecule has 1 aromatic carbocycles. The summed E-state index contributed by atoms with van der Waals surface area (Å²) in [5, 5.41) is 14.0. The predicted octanol–water partition coefficient (Wildman–Crippen LogP) is 3.93. The molecule has 1 aliphatic carbocycles. The second-order valence-corrected chi connectivity index (χ2v) is 7.52. The molecule has 0 atom stereocenters. The minimum atomic E-state index is -0.651. The maximum atomic E-state index is 12.5. The zero-order valence-electron chi connectivity index (χ0n) is 13.7. The van der Waals surface area contributed by atoms with Crippen LogP contribution in [0.2, 0.25) is 5.02 Å². The summed E-state index contributed by atoms with van der Waals surface area (Å²) in [4.78, 5) is 35.9. The van der Waals surface area contributed by atoms with Crippen molar-refractivity contribution < 1.29 is 14.5 Å². The molecule has 136 valence electrons. The van der Waals surface area contributed by atoms with Crippen molar-refractivity contribution in [2.24, 2.45) is 5.73 Å². The zero-order chi connectivity index (χ0) is 18.8. The number of carbonyl (C=O) groups excluding carboxylic acids is 2. The van der Waals surface area contributed by atoms with Crippen molar-refractivity contribution in [1.29, 1.82) is 0 Å². The number of thiophene rings is 1. The van der Waals surface area contributed by atoms with Crippen LogP contribution in [0.5, 0.6) is 0 Å². The van der Waals surface area contributed by atoms with Crippen molar-refractivity contribution in [3.05, 3.63) is 54.9 Å². The SMILES string of the molecule is NC(=O)c1c(NC(=O)c2ccc(Cl)c([N+](=O)[O-])c2)sc2c1CCCCC2. The normalized spacial score (nSPS) is 13.6. The van der Waals surface area contributed by atoms with Crippen LogP contribution >= 0.6 is 22.9 Å². The molecule has 0 radical (unpaired) electrons. The number of nitro groups is 1. The summed E-state index contributed by atoms with van der Waals surface area (Å²) in [5.74, 6) is -1.13. The Hall–Kier alpha value is -2.45. The summed E-state index contributed by atoms with van der Waals surface area (Å²) in [6.45, 7) is 0. The number of nitro benzene ring substituents is 1. The van der Waals surface area contributed by atoms with E-state index in [0.29, 0.717) is 10.6 Å². The summed E-state index contributed by atoms with van der Waals surface area (Å²) in [5.41, 5.74) is 6.54. The van der Waals surface area contributed by atoms with Gasteiger partial charge in [-0.3, -0.25) is 19.7 Å². The smallest absolute Gasteiger partial charge is 0.288 e. The number of hydrogen-bond acceptors (Lipinski definition) is 5. The molecule has 0 saturated carbocycles. The van der Waals surface area contributed by atoms with Gasteiger partial charge in [-0.25, -0.2) is 0 Å². The monoisotopic (exact) mass is 393 g/mol. The first kappa shape index (κ1) is 18.3. The van der Waals surface area contributed by atoms with Crippen LogP contribution in [-0.4, -0.2) is 16.7 Å². The van der Waals surface area contributed by atoms with E-state index < -0.39 is 16.7 Å². The van der Waals surface area contributed by atoms with Crippen molar-refractivity contribution in [3.8, 4) is 0 Å². The van der Waals surface area contributed by atoms with Gasteiger partial charge in [0, 0.05) is 16.5 Å². The van der Waals surface area contributed by atoms with E-state index >= 15 is 0 Å². The van der Waals surface area contributed by atoms with E-state index in [1.54, 1.807) is 0 Å². The minimum Gasteiger partial charge on any atom is -0.365 e. The predicted molar refractivity (Wildman–Crippen MR) is 100 cm³/mol. The van der Waals surface area contributed by atoms with Crippen LogP contribution in [0.3, 0.4) is 0 Å². The van der Waals surface area contributed by atoms with Crippen LogP contribution in [0.1, 0.15) is 50.4 Å². The van der Waals surface area contributed by atoms with Crippen LogP contribution in [0.25, 0.3) is 0 Å². The highest BCUT2D eigenvalue weighted by Gasteiger charge is 2.25. The Morgan fingerprint density at radius 1 is 1.23 bits per heavy atom. The lowest BCUT2D eigenvalue weighted by atomic mass is 10.1. The average molecular weight is 394 g/mol. The quantitative estimate of drug-likeness (QED) is 0.465. The van der Waals surface area contributed by atoms with Crippen LogP contribution in [0.15, 0.2) is 18.2 Å². The van der Waals surface area contributed by atoms with Gasteiger partial charge in [-0.1, -0.05) is 18.0 Å². The van der Waals surface area contributed by atoms with E-state index in [0.717, 1.165) is 48.6 Å². The van der Waals surface area contributed by atoms with Gasteiger partial charge < -0.3 is 11.1 Å². The van der Waals surface area contributed by atoms with Crippen LogP contribution in [0.4, 0.5) is 10.7 Å². The number of nitrogens with zero attached hydrogens (tertiary/aromatic N) is 1. The molecule has 1 heterocycles. The fourth-order valence-electron chi connectivity index (χ4n) is 3.06. The first-order valence-corrected chi connectivity index (χ1v) is 9.27. The second-order valence-electron chi connectivity index (χ2n) is 6.01. The molecular formula is C17H16ClN3O4S. The van der Waals surface area contributed by atoms with Crippen LogP contribution in [0, 0.1) is 10.1 Å². The standard InChI is InChI=1S/C17H16ClN3O4S/c18-11-7-6-9(8-12(11)21(24)25)16(23)20-17-14(15(19)22)10-4-2-1-3-5-13(10)26-17/h6-8H,1-5H2,(H2,19,22)(H,20,23). The highest BCUT2D eigenvalue weighted by molar-refractivity contribution is 7.17. The molecule has 0 unspecified atom stereocenters. The summed E-state index contributed by atoms with van der Waals surface area (Å²) < 4.78 is 0. The van der Waals surface area contributed by atoms with Gasteiger partial charge in [-0.15, -0.1) is 11.3 Å². The van der Waals surface area contributed by atoms with Crippen molar-refractivity contribution in [3.63, 3.8) is 0 Å². The number of halogens is 1. The molecule has 0 fully saturated rings. The Bertz CT molecular complexity index is 910. The lowest BCUT2D eigenvalue weighted by Crippen LogP contribution is -2.18. The van der Waals surface area contributed by atoms with Gasteiger partial charge in [0.1, 0.15) is 10.0 Å². The number of aryl methyl sites for hydroxylation is 1. The molecule has 26 heavy (non-hydrogen) atoms. The van der Waals surface area contributed by atoms with Crippen LogP contribution < -0.4 is 11.1 Å². The molecule has 2 aromatic rings. The van der Waals surface area contributed by atoms with E-state index in [2.05, 4.69) is 5.32 Å². The average Bonchev–Trinajstić information content (AvgIpc) is 2.76. The molecule has 1 aliphatic rings. The van der Waals surface area contributed by atoms with Crippen molar-refractivity contribution >= 4 is 45.4 Å². The number of anilines is 1. The van der Waals surface area contributed by atoms with E-state index in [1.165, 1.54) is 23.5 Å². The lowest BCUT2D eigenvalue weighted by Gasteiger charge is -2.07. The molecule has 3 rings (SSSR count). The summed E-state index contributed by atoms with van der Waals surface area (Å²) in [6, 6.07) is 3.81. The fraction of sp³-hybridized carbons (Fsp3) is 0.294. The number of nitrogens with two attached hydrogens (primary N) is 1. The Morgan fingerprint density at radius 2 is 1.96 bits per heavy atom. The molecule has 7 nitrogen and oxygen atoms in total. The Labute approximate surface area is 158 Å². The molecule has 2 amide bonds. The van der Waals surface area contributed by atoms with E-state index in [1.807, 2.05) is 0 Å². The number of rotatable bonds is 4. The molecule has 9 heteroatoms. The first-order chi connectivity index (χ1) is 12.4. The first-order valence-electron chi connectivity index (χ1n) is 8.08. The molecular weight excluding hydrogens is 378 g/mol. The number of primary amides is 1. The molecule has 0 spiro atoms. The van der Waals surface area contributed by atoms with Gasteiger partial charge in [-0.2, -0.15) is 0 Å². The summed E-state index contributed by atoms with van der Waals surface area (Å²) in [6.07, 6.45) is 4.70. The highest BCUT2D eigenvalue weighted by Crippen LogP contribution is 2.37. The van der Waals surface area contributed by atoms with E-state index in [9.17, 15) is 19.7 Å². The number of benzene rings is 1. The maximum Gasteiger partial charge on any atom is 0.288 e. The van der Waals surface area contributed by atoms with E-state index in [4.69, 9.17) is 17.3 Å². The summed E-state index contributed by atoms with van der Waals surface area (Å²) in [7, 11) is 0. The van der Waals surface area contributed by atoms with Gasteiger partial charge in [0.05, 0.1) is 10.5 Å². The number of fused-ring (bicyclic) bond motifs is 1. The minimum absolute atomic E-state index is 0.0489. The molecule has 0 saturated heterocycles. The van der Waals surface area contributed by atoms with Gasteiger partial charge >= 0.3 is 0 Å². The fourth-order valence-corrected chi connectivity index (χ4v) is 4.54. The molecule has 0 bridgehead atoms. The van der Waals surface area contributed by atoms with Crippen molar-refractivity contribution in [1.82, 2.24) is 0 Å². The largest absolute Gasteiger partial charge is 0.365 e. The lowest BCUT2D eigenvalue weighted by molar-refractivity contribution is -0.384. The van der Waals surface area contributed by atoms with Gasteiger partial charge in [0.25, 0.3) is 17.5 Å². The van der Waals surface area contributed by atoms with Gasteiger partial charge in [-0.05, 0) is 43.4 Å². The highest BCUT2D eigenvalue weighted by atomic mass is 35.5. The molecule has 0 aliphatic heterocycles. The van der Waals surface area contributed by atoms with Crippen LogP contribution in [-0.2, 0) is 12.8 Å². The maximum absolute atomic E-state index is 12.5. The second kappa shape index (κ2) is 7.43. The Balaban J connectivity index is 1.94. The van der Waals surface area contributed by atoms with Gasteiger partial charge in [0.15, 0.2) is 0 Å². The number of hydrogen-bond donors (Lipinski definition) is 2. The number of amides is 2. The van der Waals surface area contributed by atoms with Gasteiger partial charge in [0.2, 0.25) is 0 Å². The summed E-state index contributed by atoms with van der Waals surface area (Å²) >= 11 is 7.12. The number of carbonyl (C=O) groups is 2. The molecule has 3 N–H and O–H groups in total. The Morgan fingerprint density at radius 3 is 2.65 bits per heavy atom. The third-order valence-corrected chi connectivity index (χ3v) is 5.83. The van der Waals surface area contributed by atoms with Crippen molar-refractivity contribution in [2.75, 3.05) is 5.32 Å². The zero-order valence-corrected chi connectivity index (χ0v) is 15.3. The topological polar surface area (TPSA) is 115 Å². The Kier molecular flexibility index (Phi) is 5.24. The molecule has 1 aromatic heterocycles. The third-order valence-electron chi connectivity index (χ3n) is 4.30. The van der Waals surface area contributed by atoms with E-state index in [-0.39, 0.29) is 16.3 Å². The van der Waals surface area contributed by atoms with Crippen molar-refractivity contribution in [2.45, 2.75) is 32.1 Å². The number of nitrogens with one attached hydrogen (secondary N) is 1.